The van der Waals surface area contributed by atoms with Gasteiger partial charge in [-0.3, -0.25) is 0 Å². The van der Waals surface area contributed by atoms with Gasteiger partial charge in [-0.15, -0.1) is 0 Å². The molecule has 3 nitrogen and oxygen atoms in total. The molecular weight excluding hydrogens is 184 g/mol. The second kappa shape index (κ2) is 3.07. The highest BCUT2D eigenvalue weighted by molar-refractivity contribution is 8.09. The molecule has 1 N–H and O–H groups in total. The van der Waals surface area contributed by atoms with Crippen LogP contribution in [0.1, 0.15) is 0 Å². The van der Waals surface area contributed by atoms with E-state index < -0.39 is 14.9 Å². The fourth-order valence-corrected chi connectivity index (χ4v) is 1.48. The number of halogens is 1. The molecule has 2 atom stereocenters. The number of hydrogen-bond acceptors (Lipinski definition) is 3. The van der Waals surface area contributed by atoms with Crippen molar-refractivity contribution in [3.05, 3.63) is 24.4 Å². The minimum atomic E-state index is -1.75. The Bertz CT molecular complexity index is 281. The van der Waals surface area contributed by atoms with Crippen LogP contribution in [0, 0.1) is 11.3 Å². The summed E-state index contributed by atoms with van der Waals surface area (Å²) in [6, 6.07) is 1.84. The molecule has 1 heterocycles. The lowest BCUT2D eigenvalue weighted by Gasteiger charge is -2.20. The zero-order valence-electron chi connectivity index (χ0n) is 5.45. The fourth-order valence-electron chi connectivity index (χ4n) is 0.672. The summed E-state index contributed by atoms with van der Waals surface area (Å²) in [7, 11) is 3.57. The maximum atomic E-state index is 10.9. The predicted molar refractivity (Wildman–Crippen MR) is 43.8 cm³/mol. The Morgan fingerprint density at radius 1 is 1.64 bits per heavy atom. The van der Waals surface area contributed by atoms with E-state index in [-0.39, 0.29) is 0 Å². The van der Waals surface area contributed by atoms with Gasteiger partial charge in [-0.2, -0.15) is 5.26 Å². The second-order valence-corrected chi connectivity index (χ2v) is 3.87. The normalized spacial score (nSPS) is 30.5. The van der Waals surface area contributed by atoms with Crippen LogP contribution in [0.15, 0.2) is 24.4 Å². The summed E-state index contributed by atoms with van der Waals surface area (Å²) in [4.78, 5) is -1.25. The van der Waals surface area contributed by atoms with Crippen LogP contribution in [0.2, 0.25) is 0 Å². The lowest BCUT2D eigenvalue weighted by atomic mass is 10.2. The van der Waals surface area contributed by atoms with Crippen LogP contribution >= 0.6 is 10.7 Å². The van der Waals surface area contributed by atoms with Crippen LogP contribution in [0.25, 0.3) is 0 Å². The molecule has 5 heteroatoms. The lowest BCUT2D eigenvalue weighted by molar-refractivity contribution is 0.661. The third-order valence-corrected chi connectivity index (χ3v) is 2.84. The zero-order valence-corrected chi connectivity index (χ0v) is 7.02. The van der Waals surface area contributed by atoms with Crippen molar-refractivity contribution in [2.45, 2.75) is 4.87 Å². The van der Waals surface area contributed by atoms with E-state index in [1.165, 1.54) is 12.3 Å². The lowest BCUT2D eigenvalue weighted by Crippen LogP contribution is -2.42. The smallest absolute Gasteiger partial charge is 0.234 e. The molecular formula is C6H5ClN2OS. The Morgan fingerprint density at radius 2 is 2.36 bits per heavy atom. The maximum Gasteiger partial charge on any atom is 0.234 e. The number of nitrogens with zero attached hydrogens (tertiary/aromatic N) is 1. The SMILES string of the molecule is N#CC1(S(=O)Cl)C=CC=CN1. The molecule has 0 bridgehead atoms. The number of rotatable bonds is 1. The summed E-state index contributed by atoms with van der Waals surface area (Å²) < 4.78 is 10.9. The van der Waals surface area contributed by atoms with Gasteiger partial charge in [-0.1, -0.05) is 6.08 Å². The summed E-state index contributed by atoms with van der Waals surface area (Å²) in [5, 5.41) is 11.3. The van der Waals surface area contributed by atoms with Gasteiger partial charge < -0.3 is 5.32 Å². The summed E-state index contributed by atoms with van der Waals surface area (Å²) >= 11 is 0. The van der Waals surface area contributed by atoms with E-state index >= 15 is 0 Å². The Kier molecular flexibility index (Phi) is 2.32. The average Bonchev–Trinajstić information content (AvgIpc) is 2.05. The maximum absolute atomic E-state index is 10.9. The third kappa shape index (κ3) is 1.44. The van der Waals surface area contributed by atoms with Gasteiger partial charge in [0.05, 0.1) is 0 Å². The molecule has 11 heavy (non-hydrogen) atoms. The summed E-state index contributed by atoms with van der Waals surface area (Å²) in [5.41, 5.74) is 0. The fraction of sp³-hybridized carbons (Fsp3) is 0.167. The van der Waals surface area contributed by atoms with Crippen molar-refractivity contribution >= 4 is 20.7 Å². The van der Waals surface area contributed by atoms with Gasteiger partial charge in [-0.25, -0.2) is 4.21 Å². The molecule has 0 spiro atoms. The van der Waals surface area contributed by atoms with Crippen LogP contribution in [-0.2, 0) is 10.0 Å². The molecule has 1 rings (SSSR count). The van der Waals surface area contributed by atoms with Crippen LogP contribution in [0.3, 0.4) is 0 Å². The van der Waals surface area contributed by atoms with Crippen LogP contribution in [-0.4, -0.2) is 9.08 Å². The number of nitriles is 1. The molecule has 1 aliphatic rings. The van der Waals surface area contributed by atoms with Gasteiger partial charge >= 0.3 is 0 Å². The van der Waals surface area contributed by atoms with Crippen molar-refractivity contribution in [1.29, 1.82) is 5.26 Å². The first-order valence-corrected chi connectivity index (χ1v) is 4.80. The molecule has 0 saturated carbocycles. The van der Waals surface area contributed by atoms with E-state index in [0.29, 0.717) is 0 Å². The zero-order chi connectivity index (χ0) is 8.32. The van der Waals surface area contributed by atoms with Crippen LogP contribution in [0.4, 0.5) is 0 Å². The van der Waals surface area contributed by atoms with Crippen LogP contribution in [0.5, 0.6) is 0 Å². The van der Waals surface area contributed by atoms with E-state index in [0.717, 1.165) is 0 Å². The molecule has 0 aromatic rings. The van der Waals surface area contributed by atoms with Crippen molar-refractivity contribution in [2.75, 3.05) is 0 Å². The molecule has 2 unspecified atom stereocenters. The summed E-state index contributed by atoms with van der Waals surface area (Å²) in [6.07, 6.45) is 6.32. The van der Waals surface area contributed by atoms with Crippen molar-refractivity contribution in [3.8, 4) is 6.07 Å². The molecule has 0 aromatic carbocycles. The van der Waals surface area contributed by atoms with Crippen molar-refractivity contribution in [1.82, 2.24) is 5.32 Å². The highest BCUT2D eigenvalue weighted by atomic mass is 35.7. The van der Waals surface area contributed by atoms with Gasteiger partial charge in [0.15, 0.2) is 10.0 Å². The van der Waals surface area contributed by atoms with Crippen molar-refractivity contribution in [2.24, 2.45) is 0 Å². The quantitative estimate of drug-likeness (QED) is 0.619. The topological polar surface area (TPSA) is 52.9 Å². The molecule has 0 radical (unpaired) electrons. The van der Waals surface area contributed by atoms with Gasteiger partial charge in [0.1, 0.15) is 6.07 Å². The first kappa shape index (κ1) is 8.31. The molecule has 1 aliphatic heterocycles. The minimum absolute atomic E-state index is 1.25. The number of nitrogens with one attached hydrogen (secondary N) is 1. The number of hydrogen-bond donors (Lipinski definition) is 1. The summed E-state index contributed by atoms with van der Waals surface area (Å²) in [5.74, 6) is 0. The highest BCUT2D eigenvalue weighted by Gasteiger charge is 2.33. The Labute approximate surface area is 71.3 Å². The molecule has 0 fully saturated rings. The van der Waals surface area contributed by atoms with E-state index in [4.69, 9.17) is 15.9 Å². The van der Waals surface area contributed by atoms with E-state index in [2.05, 4.69) is 5.32 Å². The third-order valence-electron chi connectivity index (χ3n) is 1.26. The minimum Gasteiger partial charge on any atom is -0.359 e. The van der Waals surface area contributed by atoms with E-state index in [1.54, 1.807) is 12.2 Å². The van der Waals surface area contributed by atoms with Crippen molar-refractivity contribution in [3.63, 3.8) is 0 Å². The first-order chi connectivity index (χ1) is 5.21. The Hall–Kier alpha value is -0.790. The molecule has 0 saturated heterocycles. The Balaban J connectivity index is 2.97. The first-order valence-electron chi connectivity index (χ1n) is 2.83. The molecule has 0 aromatic heterocycles. The van der Waals surface area contributed by atoms with Crippen LogP contribution < -0.4 is 5.32 Å². The number of allylic oxidation sites excluding steroid dienone is 2. The van der Waals surface area contributed by atoms with Crippen molar-refractivity contribution < 1.29 is 4.21 Å². The predicted octanol–water partition coefficient (Wildman–Crippen LogP) is 0.782. The molecule has 58 valence electrons. The van der Waals surface area contributed by atoms with Gasteiger partial charge in [0.25, 0.3) is 0 Å². The van der Waals surface area contributed by atoms with Gasteiger partial charge in [0.2, 0.25) is 4.87 Å². The van der Waals surface area contributed by atoms with Gasteiger partial charge in [0, 0.05) is 0 Å². The standard InChI is InChI=1S/C6H5ClN2OS/c7-11(10)6(5-8)3-1-2-4-9-6/h1-4,9H. The van der Waals surface area contributed by atoms with E-state index in [9.17, 15) is 4.21 Å². The summed E-state index contributed by atoms with van der Waals surface area (Å²) in [6.45, 7) is 0. The van der Waals surface area contributed by atoms with E-state index in [1.807, 2.05) is 6.07 Å². The monoisotopic (exact) mass is 188 g/mol. The molecule has 0 aliphatic carbocycles. The average molecular weight is 189 g/mol. The largest absolute Gasteiger partial charge is 0.359 e. The molecule has 0 amide bonds. The van der Waals surface area contributed by atoms with Gasteiger partial charge in [-0.05, 0) is 29.0 Å². The number of dihydropyridines is 1. The highest BCUT2D eigenvalue weighted by Crippen LogP contribution is 2.17. The Morgan fingerprint density at radius 3 is 2.64 bits per heavy atom. The second-order valence-electron chi connectivity index (χ2n) is 1.93.